The maximum absolute atomic E-state index is 13.0. The van der Waals surface area contributed by atoms with E-state index in [1.807, 2.05) is 24.3 Å². The lowest BCUT2D eigenvalue weighted by Gasteiger charge is -2.13. The summed E-state index contributed by atoms with van der Waals surface area (Å²) in [5, 5.41) is 10.0. The second-order valence-electron chi connectivity index (χ2n) is 7.30. The van der Waals surface area contributed by atoms with Crippen molar-refractivity contribution in [3.63, 3.8) is 0 Å². The summed E-state index contributed by atoms with van der Waals surface area (Å²) < 4.78 is 2.22. The minimum absolute atomic E-state index is 0.0976. The molecule has 0 N–H and O–H groups in total. The summed E-state index contributed by atoms with van der Waals surface area (Å²) in [7, 11) is 0. The first-order chi connectivity index (χ1) is 14.5. The van der Waals surface area contributed by atoms with Gasteiger partial charge in [-0.3, -0.25) is 14.5 Å². The topological polar surface area (TPSA) is 66.1 Å². The van der Waals surface area contributed by atoms with Crippen LogP contribution in [0.4, 0.5) is 4.79 Å². The minimum Gasteiger partial charge on any atom is -0.344 e. The standard InChI is InChI=1S/C24H21N3O2S/c1-3-16(2)26-15-19(20-10-6-7-11-21(20)26)12-22-23(28)27(24(29)30-22)14-18-9-5-4-8-17(18)13-25/h4-12,15-16H,3,14H2,1-2H3/b22-12+/t16-/m1/s1. The van der Waals surface area contributed by atoms with E-state index in [1.54, 1.807) is 24.3 Å². The third kappa shape index (κ3) is 3.53. The van der Waals surface area contributed by atoms with Gasteiger partial charge in [-0.1, -0.05) is 43.3 Å². The van der Waals surface area contributed by atoms with Crippen LogP contribution in [0.15, 0.2) is 59.6 Å². The van der Waals surface area contributed by atoms with Crippen molar-refractivity contribution in [3.8, 4) is 6.07 Å². The number of carbonyl (C=O) groups is 2. The number of rotatable bonds is 5. The number of fused-ring (bicyclic) bond motifs is 1. The van der Waals surface area contributed by atoms with Gasteiger partial charge < -0.3 is 4.57 Å². The number of hydrogen-bond acceptors (Lipinski definition) is 4. The van der Waals surface area contributed by atoms with Crippen molar-refractivity contribution >= 4 is 39.9 Å². The first-order valence-electron chi connectivity index (χ1n) is 9.86. The van der Waals surface area contributed by atoms with Gasteiger partial charge in [0.2, 0.25) is 0 Å². The molecule has 150 valence electrons. The van der Waals surface area contributed by atoms with Gasteiger partial charge in [0.05, 0.1) is 23.1 Å². The maximum Gasteiger partial charge on any atom is 0.293 e. The maximum atomic E-state index is 13.0. The second-order valence-corrected chi connectivity index (χ2v) is 8.30. The monoisotopic (exact) mass is 415 g/mol. The average Bonchev–Trinajstić information content (AvgIpc) is 3.26. The molecule has 0 saturated carbocycles. The summed E-state index contributed by atoms with van der Waals surface area (Å²) in [6.45, 7) is 4.40. The molecule has 6 heteroatoms. The van der Waals surface area contributed by atoms with Crippen LogP contribution in [0.5, 0.6) is 0 Å². The van der Waals surface area contributed by atoms with Crippen LogP contribution in [0.2, 0.25) is 0 Å². The number of carbonyl (C=O) groups excluding carboxylic acids is 2. The van der Waals surface area contributed by atoms with Gasteiger partial charge >= 0.3 is 0 Å². The molecule has 1 atom stereocenters. The highest BCUT2D eigenvalue weighted by Gasteiger charge is 2.35. The van der Waals surface area contributed by atoms with E-state index in [2.05, 4.69) is 36.7 Å². The number of benzene rings is 2. The Labute approximate surface area is 179 Å². The summed E-state index contributed by atoms with van der Waals surface area (Å²) in [4.78, 5) is 27.1. The van der Waals surface area contributed by atoms with E-state index in [-0.39, 0.29) is 17.7 Å². The molecule has 3 aromatic rings. The Hall–Kier alpha value is -3.30. The zero-order valence-electron chi connectivity index (χ0n) is 16.8. The molecule has 5 nitrogen and oxygen atoms in total. The third-order valence-electron chi connectivity index (χ3n) is 5.46. The van der Waals surface area contributed by atoms with Crippen LogP contribution >= 0.6 is 11.8 Å². The number of imide groups is 1. The molecular formula is C24H21N3O2S. The fourth-order valence-electron chi connectivity index (χ4n) is 3.62. The van der Waals surface area contributed by atoms with Gasteiger partial charge in [0.1, 0.15) is 0 Å². The van der Waals surface area contributed by atoms with Gasteiger partial charge in [0, 0.05) is 28.7 Å². The fourth-order valence-corrected chi connectivity index (χ4v) is 4.45. The predicted octanol–water partition coefficient (Wildman–Crippen LogP) is 5.72. The first kappa shape index (κ1) is 20.0. The second kappa shape index (κ2) is 8.21. The van der Waals surface area contributed by atoms with E-state index in [0.717, 1.165) is 34.6 Å². The largest absolute Gasteiger partial charge is 0.344 e. The summed E-state index contributed by atoms with van der Waals surface area (Å²) in [5.74, 6) is -0.321. The third-order valence-corrected chi connectivity index (χ3v) is 6.37. The Morgan fingerprint density at radius 2 is 1.87 bits per heavy atom. The lowest BCUT2D eigenvalue weighted by atomic mass is 10.1. The van der Waals surface area contributed by atoms with Gasteiger partial charge in [-0.15, -0.1) is 0 Å². The number of hydrogen-bond donors (Lipinski definition) is 0. The van der Waals surface area contributed by atoms with E-state index in [9.17, 15) is 14.9 Å². The van der Waals surface area contributed by atoms with E-state index in [0.29, 0.717) is 22.1 Å². The Morgan fingerprint density at radius 3 is 2.63 bits per heavy atom. The molecule has 0 spiro atoms. The van der Waals surface area contributed by atoms with Gasteiger partial charge in [-0.2, -0.15) is 5.26 Å². The normalized spacial score (nSPS) is 16.4. The van der Waals surface area contributed by atoms with Crippen molar-refractivity contribution in [1.82, 2.24) is 9.47 Å². The molecule has 1 aromatic heterocycles. The molecule has 2 aromatic carbocycles. The molecule has 0 radical (unpaired) electrons. The van der Waals surface area contributed by atoms with E-state index < -0.39 is 0 Å². The Balaban J connectivity index is 1.68. The molecule has 30 heavy (non-hydrogen) atoms. The lowest BCUT2D eigenvalue weighted by Crippen LogP contribution is -2.27. The highest BCUT2D eigenvalue weighted by atomic mass is 32.2. The van der Waals surface area contributed by atoms with Crippen LogP contribution in [0.1, 0.15) is 43.0 Å². The van der Waals surface area contributed by atoms with Crippen LogP contribution in [-0.4, -0.2) is 20.6 Å². The quantitative estimate of drug-likeness (QED) is 0.500. The van der Waals surface area contributed by atoms with E-state index in [4.69, 9.17) is 0 Å². The summed E-state index contributed by atoms with van der Waals surface area (Å²) >= 11 is 0.948. The molecule has 4 rings (SSSR count). The molecular weight excluding hydrogens is 394 g/mol. The van der Waals surface area contributed by atoms with Crippen molar-refractivity contribution in [1.29, 1.82) is 5.26 Å². The first-order valence-corrected chi connectivity index (χ1v) is 10.7. The molecule has 0 bridgehead atoms. The molecule has 2 amide bonds. The minimum atomic E-state index is -0.321. The van der Waals surface area contributed by atoms with Crippen LogP contribution in [-0.2, 0) is 11.3 Å². The molecule has 0 unspecified atom stereocenters. The highest BCUT2D eigenvalue weighted by Crippen LogP contribution is 2.36. The number of aromatic nitrogens is 1. The van der Waals surface area contributed by atoms with Crippen LogP contribution in [0.3, 0.4) is 0 Å². The molecule has 1 saturated heterocycles. The summed E-state index contributed by atoms with van der Waals surface area (Å²) in [6, 6.07) is 17.6. The number of nitrogens with zero attached hydrogens (tertiary/aromatic N) is 3. The van der Waals surface area contributed by atoms with Gasteiger partial charge in [-0.05, 0) is 48.9 Å². The molecule has 1 fully saturated rings. The van der Waals surface area contributed by atoms with Crippen molar-refractivity contribution in [2.75, 3.05) is 0 Å². The van der Waals surface area contributed by atoms with Crippen molar-refractivity contribution in [2.24, 2.45) is 0 Å². The number of para-hydroxylation sites is 1. The van der Waals surface area contributed by atoms with Gasteiger partial charge in [0.25, 0.3) is 11.1 Å². The smallest absolute Gasteiger partial charge is 0.293 e. The molecule has 0 aliphatic carbocycles. The van der Waals surface area contributed by atoms with E-state index >= 15 is 0 Å². The Morgan fingerprint density at radius 1 is 1.13 bits per heavy atom. The van der Waals surface area contributed by atoms with Crippen LogP contribution < -0.4 is 0 Å². The van der Waals surface area contributed by atoms with Crippen LogP contribution in [0.25, 0.3) is 17.0 Å². The average molecular weight is 416 g/mol. The summed E-state index contributed by atoms with van der Waals surface area (Å²) in [6.07, 6.45) is 4.85. The van der Waals surface area contributed by atoms with Gasteiger partial charge in [-0.25, -0.2) is 0 Å². The summed E-state index contributed by atoms with van der Waals surface area (Å²) in [5.41, 5.74) is 3.17. The molecule has 2 heterocycles. The number of nitriles is 1. The predicted molar refractivity (Wildman–Crippen MR) is 120 cm³/mol. The van der Waals surface area contributed by atoms with Crippen LogP contribution in [0, 0.1) is 11.3 Å². The van der Waals surface area contributed by atoms with Crippen molar-refractivity contribution in [2.45, 2.75) is 32.9 Å². The zero-order chi connectivity index (χ0) is 21.3. The van der Waals surface area contributed by atoms with Crippen molar-refractivity contribution < 1.29 is 9.59 Å². The fraction of sp³-hybridized carbons (Fsp3) is 0.208. The van der Waals surface area contributed by atoms with Crippen molar-refractivity contribution in [3.05, 3.63) is 76.3 Å². The molecule has 1 aliphatic heterocycles. The Kier molecular flexibility index (Phi) is 5.47. The number of amides is 2. The van der Waals surface area contributed by atoms with Gasteiger partial charge in [0.15, 0.2) is 0 Å². The lowest BCUT2D eigenvalue weighted by molar-refractivity contribution is -0.123. The zero-order valence-corrected chi connectivity index (χ0v) is 17.6. The van der Waals surface area contributed by atoms with E-state index in [1.165, 1.54) is 4.90 Å². The highest BCUT2D eigenvalue weighted by molar-refractivity contribution is 8.18. The Bertz CT molecular complexity index is 1220. The number of thioether (sulfide) groups is 1. The molecule has 1 aliphatic rings. The SMILES string of the molecule is CC[C@@H](C)n1cc(/C=C2/SC(=O)N(Cc3ccccc3C#N)C2=O)c2ccccc21.